The standard InChI is InChI=1S/C22H26F3N3O2/c1-14-7-8-18(15(2)9-14)12-26-11-16(3)28-20(29)13-27-21(30)17-5-4-6-19(10-17)22(23,24)25/h4-10,16,26H,11-13H2,1-3H3,(H,27,30)(H,28,29)/t16-/m1/s1. The van der Waals surface area contributed by atoms with E-state index in [0.717, 1.165) is 18.2 Å². The Bertz CT molecular complexity index is 897. The highest BCUT2D eigenvalue weighted by molar-refractivity contribution is 5.96. The summed E-state index contributed by atoms with van der Waals surface area (Å²) < 4.78 is 38.2. The van der Waals surface area contributed by atoms with Crippen LogP contribution in [-0.2, 0) is 17.5 Å². The van der Waals surface area contributed by atoms with Gasteiger partial charge < -0.3 is 16.0 Å². The maximum atomic E-state index is 12.7. The predicted molar refractivity (Wildman–Crippen MR) is 109 cm³/mol. The molecule has 0 bridgehead atoms. The maximum absolute atomic E-state index is 12.7. The van der Waals surface area contributed by atoms with Crippen molar-refractivity contribution < 1.29 is 22.8 Å². The van der Waals surface area contributed by atoms with E-state index in [-0.39, 0.29) is 18.2 Å². The molecule has 3 N–H and O–H groups in total. The van der Waals surface area contributed by atoms with Crippen LogP contribution in [0, 0.1) is 13.8 Å². The fraction of sp³-hybridized carbons (Fsp3) is 0.364. The Hall–Kier alpha value is -2.87. The van der Waals surface area contributed by atoms with Gasteiger partial charge in [-0.1, -0.05) is 29.8 Å². The molecule has 162 valence electrons. The zero-order valence-corrected chi connectivity index (χ0v) is 17.2. The molecule has 8 heteroatoms. The first-order valence-electron chi connectivity index (χ1n) is 9.58. The van der Waals surface area contributed by atoms with Gasteiger partial charge in [0.05, 0.1) is 12.1 Å². The van der Waals surface area contributed by atoms with Gasteiger partial charge in [-0.25, -0.2) is 0 Å². The zero-order valence-electron chi connectivity index (χ0n) is 17.2. The van der Waals surface area contributed by atoms with Crippen LogP contribution in [0.15, 0.2) is 42.5 Å². The Balaban J connectivity index is 1.75. The largest absolute Gasteiger partial charge is 0.416 e. The molecule has 0 aliphatic heterocycles. The number of rotatable bonds is 8. The van der Waals surface area contributed by atoms with E-state index in [2.05, 4.69) is 28.1 Å². The number of benzene rings is 2. The van der Waals surface area contributed by atoms with Crippen molar-refractivity contribution in [3.8, 4) is 0 Å². The van der Waals surface area contributed by atoms with Crippen molar-refractivity contribution in [2.45, 2.75) is 39.5 Å². The minimum Gasteiger partial charge on any atom is -0.351 e. The Morgan fingerprint density at radius 1 is 1.07 bits per heavy atom. The average Bonchev–Trinajstić information content (AvgIpc) is 2.67. The second-order valence-corrected chi connectivity index (χ2v) is 7.29. The lowest BCUT2D eigenvalue weighted by molar-refractivity contribution is -0.137. The van der Waals surface area contributed by atoms with Gasteiger partial charge in [-0.3, -0.25) is 9.59 Å². The van der Waals surface area contributed by atoms with E-state index in [9.17, 15) is 22.8 Å². The third-order valence-electron chi connectivity index (χ3n) is 4.53. The van der Waals surface area contributed by atoms with Crippen LogP contribution in [0.5, 0.6) is 0 Å². The summed E-state index contributed by atoms with van der Waals surface area (Å²) >= 11 is 0. The minimum absolute atomic E-state index is 0.152. The maximum Gasteiger partial charge on any atom is 0.416 e. The summed E-state index contributed by atoms with van der Waals surface area (Å²) in [4.78, 5) is 24.0. The first-order chi connectivity index (χ1) is 14.1. The molecule has 0 fully saturated rings. The smallest absolute Gasteiger partial charge is 0.351 e. The van der Waals surface area contributed by atoms with Crippen LogP contribution in [-0.4, -0.2) is 30.9 Å². The number of alkyl halides is 3. The lowest BCUT2D eigenvalue weighted by Crippen LogP contribution is -2.44. The van der Waals surface area contributed by atoms with Crippen LogP contribution in [0.4, 0.5) is 13.2 Å². The van der Waals surface area contributed by atoms with Crippen molar-refractivity contribution in [1.82, 2.24) is 16.0 Å². The minimum atomic E-state index is -4.53. The topological polar surface area (TPSA) is 70.2 Å². The molecule has 0 spiro atoms. The fourth-order valence-electron chi connectivity index (χ4n) is 2.94. The van der Waals surface area contributed by atoms with Crippen LogP contribution >= 0.6 is 0 Å². The van der Waals surface area contributed by atoms with Gasteiger partial charge in [0, 0.05) is 24.7 Å². The van der Waals surface area contributed by atoms with Gasteiger partial charge in [-0.05, 0) is 50.1 Å². The van der Waals surface area contributed by atoms with Crippen LogP contribution in [0.1, 0.15) is 39.5 Å². The summed E-state index contributed by atoms with van der Waals surface area (Å²) in [6.07, 6.45) is -4.53. The number of carbonyl (C=O) groups excluding carboxylic acids is 2. The summed E-state index contributed by atoms with van der Waals surface area (Å²) in [7, 11) is 0. The van der Waals surface area contributed by atoms with Crippen LogP contribution in [0.25, 0.3) is 0 Å². The van der Waals surface area contributed by atoms with Crippen molar-refractivity contribution in [2.24, 2.45) is 0 Å². The summed E-state index contributed by atoms with van der Waals surface area (Å²) in [5.41, 5.74) is 2.50. The van der Waals surface area contributed by atoms with Gasteiger partial charge >= 0.3 is 6.18 Å². The molecule has 0 saturated heterocycles. The summed E-state index contributed by atoms with van der Waals surface area (Å²) in [6, 6.07) is 10.1. The average molecular weight is 421 g/mol. The highest BCUT2D eigenvalue weighted by atomic mass is 19.4. The van der Waals surface area contributed by atoms with E-state index >= 15 is 0 Å². The number of nitrogens with one attached hydrogen (secondary N) is 3. The van der Waals surface area contributed by atoms with Crippen LogP contribution in [0.3, 0.4) is 0 Å². The molecular formula is C22H26F3N3O2. The molecule has 0 saturated carbocycles. The van der Waals surface area contributed by atoms with Crippen molar-refractivity contribution in [1.29, 1.82) is 0 Å². The molecule has 2 aromatic carbocycles. The molecule has 0 heterocycles. The van der Waals surface area contributed by atoms with Gasteiger partial charge in [-0.2, -0.15) is 13.2 Å². The van der Waals surface area contributed by atoms with Crippen molar-refractivity contribution in [3.05, 3.63) is 70.3 Å². The fourth-order valence-corrected chi connectivity index (χ4v) is 2.94. The summed E-state index contributed by atoms with van der Waals surface area (Å²) in [5, 5.41) is 8.34. The Labute approximate surface area is 174 Å². The van der Waals surface area contributed by atoms with Crippen LogP contribution in [0.2, 0.25) is 0 Å². The van der Waals surface area contributed by atoms with Crippen molar-refractivity contribution >= 4 is 11.8 Å². The Morgan fingerprint density at radius 2 is 1.80 bits per heavy atom. The van der Waals surface area contributed by atoms with Gasteiger partial charge in [0.1, 0.15) is 0 Å². The second kappa shape index (κ2) is 10.2. The summed E-state index contributed by atoms with van der Waals surface area (Å²) in [6.45, 7) is 6.77. The van der Waals surface area contributed by atoms with Crippen molar-refractivity contribution in [3.63, 3.8) is 0 Å². The molecule has 2 amide bonds. The molecule has 0 aliphatic rings. The van der Waals surface area contributed by atoms with E-state index in [1.165, 1.54) is 22.8 Å². The molecule has 2 rings (SSSR count). The normalized spacial score (nSPS) is 12.3. The highest BCUT2D eigenvalue weighted by Crippen LogP contribution is 2.29. The molecule has 0 aliphatic carbocycles. The first-order valence-corrected chi connectivity index (χ1v) is 9.58. The quantitative estimate of drug-likeness (QED) is 0.612. The van der Waals surface area contributed by atoms with E-state index in [4.69, 9.17) is 0 Å². The third-order valence-corrected chi connectivity index (χ3v) is 4.53. The monoisotopic (exact) mass is 421 g/mol. The number of hydrogen-bond donors (Lipinski definition) is 3. The molecular weight excluding hydrogens is 395 g/mol. The van der Waals surface area contributed by atoms with Crippen molar-refractivity contribution in [2.75, 3.05) is 13.1 Å². The predicted octanol–water partition coefficient (Wildman–Crippen LogP) is 3.35. The lowest BCUT2D eigenvalue weighted by Gasteiger charge is -2.16. The molecule has 5 nitrogen and oxygen atoms in total. The van der Waals surface area contributed by atoms with E-state index in [1.54, 1.807) is 0 Å². The Kier molecular flexibility index (Phi) is 8.00. The summed E-state index contributed by atoms with van der Waals surface area (Å²) in [5.74, 6) is -1.16. The molecule has 1 atom stereocenters. The van der Waals surface area contributed by atoms with Gasteiger partial charge in [0.2, 0.25) is 5.91 Å². The van der Waals surface area contributed by atoms with Crippen LogP contribution < -0.4 is 16.0 Å². The third kappa shape index (κ3) is 7.18. The number of amides is 2. The number of hydrogen-bond acceptors (Lipinski definition) is 3. The van der Waals surface area contributed by atoms with E-state index < -0.39 is 23.6 Å². The van der Waals surface area contributed by atoms with E-state index in [1.807, 2.05) is 26.8 Å². The number of carbonyl (C=O) groups is 2. The number of aryl methyl sites for hydroxylation is 2. The molecule has 0 unspecified atom stereocenters. The first kappa shape index (κ1) is 23.4. The van der Waals surface area contributed by atoms with E-state index in [0.29, 0.717) is 13.1 Å². The SMILES string of the molecule is Cc1ccc(CNC[C@@H](C)NC(=O)CNC(=O)c2cccc(C(F)(F)F)c2)c(C)c1. The lowest BCUT2D eigenvalue weighted by atomic mass is 10.1. The molecule has 2 aromatic rings. The Morgan fingerprint density at radius 3 is 2.47 bits per heavy atom. The molecule has 0 aromatic heterocycles. The molecule has 30 heavy (non-hydrogen) atoms. The number of halogens is 3. The highest BCUT2D eigenvalue weighted by Gasteiger charge is 2.30. The van der Waals surface area contributed by atoms with Gasteiger partial charge in [0.25, 0.3) is 5.91 Å². The zero-order chi connectivity index (χ0) is 22.3. The molecule has 0 radical (unpaired) electrons. The second-order valence-electron chi connectivity index (χ2n) is 7.29. The van der Waals surface area contributed by atoms with Gasteiger partial charge in [0.15, 0.2) is 0 Å². The van der Waals surface area contributed by atoms with Gasteiger partial charge in [-0.15, -0.1) is 0 Å².